The third-order valence-electron chi connectivity index (χ3n) is 4.76. The number of esters is 1. The number of nitro groups is 1. The van der Waals surface area contributed by atoms with Crippen molar-refractivity contribution in [2.45, 2.75) is 91.5 Å². The van der Waals surface area contributed by atoms with Gasteiger partial charge in [0.05, 0.1) is 17.2 Å². The van der Waals surface area contributed by atoms with Crippen molar-refractivity contribution >= 4 is 11.7 Å². The van der Waals surface area contributed by atoms with E-state index in [1.165, 1.54) is 57.4 Å². The normalized spacial score (nSPS) is 10.9. The van der Waals surface area contributed by atoms with Gasteiger partial charge in [-0.3, -0.25) is 10.1 Å². The van der Waals surface area contributed by atoms with Crippen molar-refractivity contribution in [3.63, 3.8) is 0 Å². The van der Waals surface area contributed by atoms with Crippen molar-refractivity contribution in [2.24, 2.45) is 0 Å². The molecular weight excluding hydrogens is 332 g/mol. The lowest BCUT2D eigenvalue weighted by Gasteiger charge is -2.10. The van der Waals surface area contributed by atoms with Crippen molar-refractivity contribution in [3.8, 4) is 0 Å². The van der Waals surface area contributed by atoms with Crippen LogP contribution in [0, 0.1) is 17.0 Å². The second-order valence-electron chi connectivity index (χ2n) is 6.81. The first-order valence-electron chi connectivity index (χ1n) is 10.0. The van der Waals surface area contributed by atoms with Gasteiger partial charge in [0.2, 0.25) is 0 Å². The van der Waals surface area contributed by atoms with Gasteiger partial charge >= 0.3 is 5.97 Å². The summed E-state index contributed by atoms with van der Waals surface area (Å²) in [5.74, 6) is -0.490. The molecule has 0 N–H and O–H groups in total. The lowest BCUT2D eigenvalue weighted by molar-refractivity contribution is -0.385. The van der Waals surface area contributed by atoms with E-state index in [0.717, 1.165) is 12.8 Å². The number of carbonyl (C=O) groups excluding carboxylic acids is 1. The molecule has 0 aliphatic heterocycles. The zero-order chi connectivity index (χ0) is 19.4. The fraction of sp³-hybridized carbons (Fsp3) is 0.750. The topological polar surface area (TPSA) is 74.4 Å². The van der Waals surface area contributed by atoms with Gasteiger partial charge in [0, 0.05) is 12.6 Å². The van der Waals surface area contributed by atoms with Gasteiger partial charge in [0.1, 0.15) is 5.69 Å². The van der Waals surface area contributed by atoms with Gasteiger partial charge in [-0.15, -0.1) is 0 Å². The first-order valence-corrected chi connectivity index (χ1v) is 10.0. The van der Waals surface area contributed by atoms with E-state index >= 15 is 0 Å². The summed E-state index contributed by atoms with van der Waals surface area (Å²) >= 11 is 0. The number of hydrogen-bond donors (Lipinski definition) is 0. The highest BCUT2D eigenvalue weighted by Crippen LogP contribution is 2.24. The molecule has 0 unspecified atom stereocenters. The van der Waals surface area contributed by atoms with Gasteiger partial charge in [0.25, 0.3) is 5.69 Å². The maximum atomic E-state index is 12.1. The van der Waals surface area contributed by atoms with E-state index in [4.69, 9.17) is 4.74 Å². The van der Waals surface area contributed by atoms with E-state index < -0.39 is 10.9 Å². The monoisotopic (exact) mass is 366 g/mol. The molecule has 0 atom stereocenters. The van der Waals surface area contributed by atoms with Crippen LogP contribution in [0.5, 0.6) is 0 Å². The molecule has 1 rings (SSSR count). The van der Waals surface area contributed by atoms with E-state index in [1.54, 1.807) is 18.4 Å². The molecule has 0 amide bonds. The Morgan fingerprint density at radius 2 is 1.58 bits per heavy atom. The first kappa shape index (κ1) is 22.2. The summed E-state index contributed by atoms with van der Waals surface area (Å²) in [4.78, 5) is 22.8. The molecular formula is C20H34N2O4. The Labute approximate surface area is 157 Å². The lowest BCUT2D eigenvalue weighted by atomic mass is 10.1. The summed E-state index contributed by atoms with van der Waals surface area (Å²) in [6.07, 6.45) is 12.3. The maximum Gasteiger partial charge on any atom is 0.355 e. The Kier molecular flexibility index (Phi) is 10.7. The molecule has 0 bridgehead atoms. The minimum Gasteiger partial charge on any atom is -0.461 e. The SMILES string of the molecule is CCCCCCCCCCCCn1c(C(=O)OCC)cc([N+](=O)[O-])c1C. The van der Waals surface area contributed by atoms with Crippen LogP contribution < -0.4 is 0 Å². The molecule has 0 radical (unpaired) electrons. The van der Waals surface area contributed by atoms with Crippen molar-refractivity contribution in [1.82, 2.24) is 4.57 Å². The van der Waals surface area contributed by atoms with Crippen molar-refractivity contribution in [1.29, 1.82) is 0 Å². The zero-order valence-corrected chi connectivity index (χ0v) is 16.6. The number of hydrogen-bond acceptors (Lipinski definition) is 4. The van der Waals surface area contributed by atoms with Crippen LogP contribution in [0.2, 0.25) is 0 Å². The van der Waals surface area contributed by atoms with Gasteiger partial charge in [-0.25, -0.2) is 4.79 Å². The molecule has 0 saturated heterocycles. The summed E-state index contributed by atoms with van der Waals surface area (Å²) in [5.41, 5.74) is 0.793. The Bertz CT molecular complexity index is 566. The Morgan fingerprint density at radius 3 is 2.08 bits per heavy atom. The Balaban J connectivity index is 2.43. The highest BCUT2D eigenvalue weighted by atomic mass is 16.6. The van der Waals surface area contributed by atoms with Crippen LogP contribution in [0.25, 0.3) is 0 Å². The Morgan fingerprint density at radius 1 is 1.04 bits per heavy atom. The summed E-state index contributed by atoms with van der Waals surface area (Å²) in [6.45, 7) is 6.53. The minimum absolute atomic E-state index is 0.0138. The van der Waals surface area contributed by atoms with Gasteiger partial charge < -0.3 is 9.30 Å². The predicted octanol–water partition coefficient (Wildman–Crippen LogP) is 5.80. The summed E-state index contributed by atoms with van der Waals surface area (Å²) in [6, 6.07) is 1.34. The molecule has 0 aliphatic rings. The van der Waals surface area contributed by atoms with E-state index in [2.05, 4.69) is 6.92 Å². The van der Waals surface area contributed by atoms with E-state index in [-0.39, 0.29) is 18.0 Å². The summed E-state index contributed by atoms with van der Waals surface area (Å²) < 4.78 is 6.77. The van der Waals surface area contributed by atoms with Crippen molar-refractivity contribution in [2.75, 3.05) is 6.61 Å². The molecule has 6 heteroatoms. The van der Waals surface area contributed by atoms with E-state index in [1.807, 2.05) is 0 Å². The standard InChI is InChI=1S/C20H34N2O4/c1-4-6-7-8-9-10-11-12-13-14-15-21-17(3)18(22(24)25)16-19(21)20(23)26-5-2/h16H,4-15H2,1-3H3. The highest BCUT2D eigenvalue weighted by molar-refractivity contribution is 5.89. The largest absolute Gasteiger partial charge is 0.461 e. The number of rotatable bonds is 14. The predicted molar refractivity (Wildman–Crippen MR) is 104 cm³/mol. The molecule has 1 aromatic rings. The number of aromatic nitrogens is 1. The number of carbonyl (C=O) groups is 1. The van der Waals surface area contributed by atoms with Crippen LogP contribution >= 0.6 is 0 Å². The Hall–Kier alpha value is -1.85. The van der Waals surface area contributed by atoms with Crippen molar-refractivity contribution in [3.05, 3.63) is 27.6 Å². The minimum atomic E-state index is -0.490. The molecule has 0 saturated carbocycles. The smallest absolute Gasteiger partial charge is 0.355 e. The first-order chi connectivity index (χ1) is 12.5. The fourth-order valence-corrected chi connectivity index (χ4v) is 3.24. The summed E-state index contributed by atoms with van der Waals surface area (Å²) in [5, 5.41) is 11.2. The van der Waals surface area contributed by atoms with Gasteiger partial charge in [-0.1, -0.05) is 64.7 Å². The fourth-order valence-electron chi connectivity index (χ4n) is 3.24. The van der Waals surface area contributed by atoms with Crippen LogP contribution in [-0.4, -0.2) is 22.1 Å². The van der Waals surface area contributed by atoms with Crippen LogP contribution in [0.1, 0.15) is 94.2 Å². The maximum absolute atomic E-state index is 12.1. The molecule has 0 spiro atoms. The highest BCUT2D eigenvalue weighted by Gasteiger charge is 2.24. The van der Waals surface area contributed by atoms with Crippen LogP contribution in [-0.2, 0) is 11.3 Å². The lowest BCUT2D eigenvalue weighted by Crippen LogP contribution is -2.13. The average Bonchev–Trinajstić information content (AvgIpc) is 2.94. The molecule has 1 aromatic heterocycles. The summed E-state index contributed by atoms with van der Waals surface area (Å²) in [7, 11) is 0. The molecule has 0 fully saturated rings. The molecule has 0 aromatic carbocycles. The van der Waals surface area contributed by atoms with Gasteiger partial charge in [-0.2, -0.15) is 0 Å². The quantitative estimate of drug-likeness (QED) is 0.180. The second kappa shape index (κ2) is 12.5. The number of ether oxygens (including phenoxy) is 1. The van der Waals surface area contributed by atoms with Crippen LogP contribution in [0.15, 0.2) is 6.07 Å². The molecule has 26 heavy (non-hydrogen) atoms. The number of unbranched alkanes of at least 4 members (excludes halogenated alkanes) is 9. The van der Waals surface area contributed by atoms with E-state index in [9.17, 15) is 14.9 Å². The molecule has 6 nitrogen and oxygen atoms in total. The number of nitrogens with zero attached hydrogens (tertiary/aromatic N) is 2. The van der Waals surface area contributed by atoms with Gasteiger partial charge in [0.15, 0.2) is 0 Å². The second-order valence-corrected chi connectivity index (χ2v) is 6.81. The third kappa shape index (κ3) is 7.18. The average molecular weight is 367 g/mol. The zero-order valence-electron chi connectivity index (χ0n) is 16.6. The molecule has 1 heterocycles. The molecule has 0 aliphatic carbocycles. The third-order valence-corrected chi connectivity index (χ3v) is 4.76. The van der Waals surface area contributed by atoms with Crippen molar-refractivity contribution < 1.29 is 14.5 Å². The molecule has 148 valence electrons. The van der Waals surface area contributed by atoms with Gasteiger partial charge in [-0.05, 0) is 20.3 Å². The van der Waals surface area contributed by atoms with Crippen LogP contribution in [0.4, 0.5) is 5.69 Å². The van der Waals surface area contributed by atoms with E-state index in [0.29, 0.717) is 12.2 Å². The van der Waals surface area contributed by atoms with Crippen LogP contribution in [0.3, 0.4) is 0 Å².